The van der Waals surface area contributed by atoms with E-state index in [1.807, 2.05) is 13.8 Å². The summed E-state index contributed by atoms with van der Waals surface area (Å²) in [5, 5.41) is 2.45. The number of hydrogen-bond acceptors (Lipinski definition) is 1. The summed E-state index contributed by atoms with van der Waals surface area (Å²) in [4.78, 5) is 0. The molecule has 15 heavy (non-hydrogen) atoms. The van der Waals surface area contributed by atoms with Crippen LogP contribution in [0, 0.1) is 0 Å². The van der Waals surface area contributed by atoms with Gasteiger partial charge in [-0.2, -0.15) is 0 Å². The summed E-state index contributed by atoms with van der Waals surface area (Å²) in [7, 11) is 0. The molecule has 0 heterocycles. The largest absolute Gasteiger partial charge is 0.322 e. The average Bonchev–Trinajstić information content (AvgIpc) is 2.15. The highest BCUT2D eigenvalue weighted by molar-refractivity contribution is 9.10. The summed E-state index contributed by atoms with van der Waals surface area (Å²) >= 11 is 3.48. The van der Waals surface area contributed by atoms with Crippen LogP contribution in [-0.4, -0.2) is 0 Å². The molecular formula is C13H14BrN. The van der Waals surface area contributed by atoms with Crippen molar-refractivity contribution in [3.63, 3.8) is 0 Å². The summed E-state index contributed by atoms with van der Waals surface area (Å²) in [6.07, 6.45) is 0. The number of fused-ring (bicyclic) bond motifs is 1. The molecule has 0 unspecified atom stereocenters. The Hall–Kier alpha value is -0.860. The van der Waals surface area contributed by atoms with Crippen LogP contribution in [0.25, 0.3) is 10.8 Å². The van der Waals surface area contributed by atoms with Crippen molar-refractivity contribution in [3.05, 3.63) is 46.4 Å². The van der Waals surface area contributed by atoms with Crippen molar-refractivity contribution in [2.24, 2.45) is 5.73 Å². The molecule has 1 nitrogen and oxygen atoms in total. The van der Waals surface area contributed by atoms with Gasteiger partial charge >= 0.3 is 0 Å². The monoisotopic (exact) mass is 263 g/mol. The van der Waals surface area contributed by atoms with Gasteiger partial charge in [0.1, 0.15) is 0 Å². The third-order valence-corrected chi connectivity index (χ3v) is 3.03. The highest BCUT2D eigenvalue weighted by Crippen LogP contribution is 2.28. The van der Waals surface area contributed by atoms with Gasteiger partial charge in [-0.15, -0.1) is 0 Å². The molecule has 0 fully saturated rings. The van der Waals surface area contributed by atoms with Gasteiger partial charge in [-0.3, -0.25) is 0 Å². The standard InChI is InChI=1S/C13H14BrN/c1-13(2,15)12-5-3-4-9-8-10(14)6-7-11(9)12/h3-8H,15H2,1-2H3. The van der Waals surface area contributed by atoms with Gasteiger partial charge in [-0.05, 0) is 42.3 Å². The van der Waals surface area contributed by atoms with Gasteiger partial charge in [0.05, 0.1) is 0 Å². The minimum absolute atomic E-state index is 0.298. The van der Waals surface area contributed by atoms with Crippen LogP contribution >= 0.6 is 15.9 Å². The Balaban J connectivity index is 2.77. The number of hydrogen-bond donors (Lipinski definition) is 1. The van der Waals surface area contributed by atoms with Gasteiger partial charge < -0.3 is 5.73 Å². The second-order valence-corrected chi connectivity index (χ2v) is 5.31. The zero-order valence-corrected chi connectivity index (χ0v) is 10.5. The fourth-order valence-corrected chi connectivity index (χ4v) is 2.20. The van der Waals surface area contributed by atoms with Gasteiger partial charge in [0.2, 0.25) is 0 Å². The van der Waals surface area contributed by atoms with Crippen molar-refractivity contribution < 1.29 is 0 Å². The summed E-state index contributed by atoms with van der Waals surface area (Å²) in [6, 6.07) is 12.5. The van der Waals surface area contributed by atoms with E-state index in [0.717, 1.165) is 4.47 Å². The maximum Gasteiger partial charge on any atom is 0.0358 e. The first-order valence-corrected chi connectivity index (χ1v) is 5.75. The van der Waals surface area contributed by atoms with Crippen LogP contribution in [-0.2, 0) is 5.54 Å². The molecule has 0 amide bonds. The minimum atomic E-state index is -0.298. The summed E-state index contributed by atoms with van der Waals surface area (Å²) in [5.41, 5.74) is 7.04. The molecule has 2 N–H and O–H groups in total. The van der Waals surface area contributed by atoms with E-state index in [4.69, 9.17) is 5.73 Å². The Labute approximate surface area is 98.4 Å². The van der Waals surface area contributed by atoms with Crippen molar-refractivity contribution in [1.82, 2.24) is 0 Å². The number of benzene rings is 2. The van der Waals surface area contributed by atoms with Crippen molar-refractivity contribution in [2.45, 2.75) is 19.4 Å². The predicted octanol–water partition coefficient (Wildman–Crippen LogP) is 3.80. The molecule has 0 saturated carbocycles. The summed E-state index contributed by atoms with van der Waals surface area (Å²) in [5.74, 6) is 0. The fourth-order valence-electron chi connectivity index (χ4n) is 1.82. The van der Waals surface area contributed by atoms with Crippen LogP contribution in [0.15, 0.2) is 40.9 Å². The van der Waals surface area contributed by atoms with E-state index in [-0.39, 0.29) is 5.54 Å². The predicted molar refractivity (Wildman–Crippen MR) is 68.9 cm³/mol. The maximum atomic E-state index is 6.15. The zero-order valence-electron chi connectivity index (χ0n) is 8.92. The molecule has 2 rings (SSSR count). The zero-order chi connectivity index (χ0) is 11.1. The van der Waals surface area contributed by atoms with Crippen LogP contribution in [0.5, 0.6) is 0 Å². The van der Waals surface area contributed by atoms with E-state index in [1.165, 1.54) is 16.3 Å². The molecule has 0 aromatic heterocycles. The molecule has 0 bridgehead atoms. The molecule has 2 heteroatoms. The Morgan fingerprint density at radius 3 is 2.53 bits per heavy atom. The summed E-state index contributed by atoms with van der Waals surface area (Å²) < 4.78 is 1.10. The van der Waals surface area contributed by atoms with Gasteiger partial charge in [-0.1, -0.05) is 40.2 Å². The smallest absolute Gasteiger partial charge is 0.0358 e. The number of nitrogens with two attached hydrogens (primary N) is 1. The lowest BCUT2D eigenvalue weighted by Crippen LogP contribution is -2.28. The average molecular weight is 264 g/mol. The van der Waals surface area contributed by atoms with Crippen LogP contribution in [0.4, 0.5) is 0 Å². The van der Waals surface area contributed by atoms with E-state index in [9.17, 15) is 0 Å². The van der Waals surface area contributed by atoms with E-state index in [2.05, 4.69) is 52.3 Å². The summed E-state index contributed by atoms with van der Waals surface area (Å²) in [6.45, 7) is 4.06. The maximum absolute atomic E-state index is 6.15. The normalized spacial score (nSPS) is 12.0. The van der Waals surface area contributed by atoms with Gasteiger partial charge in [0.15, 0.2) is 0 Å². The molecule has 0 spiro atoms. The number of rotatable bonds is 1. The van der Waals surface area contributed by atoms with Crippen LogP contribution in [0.2, 0.25) is 0 Å². The van der Waals surface area contributed by atoms with Gasteiger partial charge in [0.25, 0.3) is 0 Å². The Bertz CT molecular complexity index is 497. The van der Waals surface area contributed by atoms with Crippen molar-refractivity contribution in [2.75, 3.05) is 0 Å². The first-order valence-electron chi connectivity index (χ1n) is 4.96. The third-order valence-electron chi connectivity index (χ3n) is 2.54. The molecule has 2 aromatic rings. The van der Waals surface area contributed by atoms with E-state index < -0.39 is 0 Å². The fraction of sp³-hybridized carbons (Fsp3) is 0.231. The lowest BCUT2D eigenvalue weighted by Gasteiger charge is -2.21. The Morgan fingerprint density at radius 2 is 1.87 bits per heavy atom. The second kappa shape index (κ2) is 3.62. The molecule has 2 aromatic carbocycles. The van der Waals surface area contributed by atoms with E-state index in [0.29, 0.717) is 0 Å². The van der Waals surface area contributed by atoms with Crippen molar-refractivity contribution in [3.8, 4) is 0 Å². The molecule has 0 aliphatic carbocycles. The first kappa shape index (κ1) is 10.7. The minimum Gasteiger partial charge on any atom is -0.322 e. The molecular weight excluding hydrogens is 250 g/mol. The highest BCUT2D eigenvalue weighted by Gasteiger charge is 2.16. The lowest BCUT2D eigenvalue weighted by molar-refractivity contribution is 0.559. The van der Waals surface area contributed by atoms with E-state index >= 15 is 0 Å². The van der Waals surface area contributed by atoms with Gasteiger partial charge in [-0.25, -0.2) is 0 Å². The molecule has 78 valence electrons. The van der Waals surface area contributed by atoms with Crippen molar-refractivity contribution in [1.29, 1.82) is 0 Å². The molecule has 0 radical (unpaired) electrons. The van der Waals surface area contributed by atoms with Crippen LogP contribution in [0.1, 0.15) is 19.4 Å². The first-order chi connectivity index (χ1) is 6.98. The Kier molecular flexibility index (Phi) is 2.57. The van der Waals surface area contributed by atoms with Crippen LogP contribution in [0.3, 0.4) is 0 Å². The quantitative estimate of drug-likeness (QED) is 0.833. The third kappa shape index (κ3) is 2.06. The lowest BCUT2D eigenvalue weighted by atomic mass is 9.91. The Morgan fingerprint density at radius 1 is 1.13 bits per heavy atom. The van der Waals surface area contributed by atoms with E-state index in [1.54, 1.807) is 0 Å². The molecule has 0 saturated heterocycles. The SMILES string of the molecule is CC(C)(N)c1cccc2cc(Br)ccc12. The van der Waals surface area contributed by atoms with Gasteiger partial charge in [0, 0.05) is 10.0 Å². The molecule has 0 aliphatic heterocycles. The highest BCUT2D eigenvalue weighted by atomic mass is 79.9. The van der Waals surface area contributed by atoms with Crippen LogP contribution < -0.4 is 5.73 Å². The van der Waals surface area contributed by atoms with Crippen molar-refractivity contribution >= 4 is 26.7 Å². The molecule has 0 aliphatic rings. The second-order valence-electron chi connectivity index (χ2n) is 4.39. The topological polar surface area (TPSA) is 26.0 Å². The molecule has 0 atom stereocenters. The number of halogens is 1.